The zero-order chi connectivity index (χ0) is 54.8. The van der Waals surface area contributed by atoms with Crippen LogP contribution in [0.1, 0.15) is 110 Å². The third-order valence-electron chi connectivity index (χ3n) is 16.9. The van der Waals surface area contributed by atoms with Crippen LogP contribution in [0.2, 0.25) is 0 Å². The van der Waals surface area contributed by atoms with Crippen LogP contribution >= 0.6 is 72.3 Å². The Kier molecular flexibility index (Phi) is 35.4. The van der Waals surface area contributed by atoms with Gasteiger partial charge in [0.1, 0.15) is 11.6 Å². The number of Topliss-reactive ketones (excluding diaryl/α,β-unsaturated/α-hetero) is 2. The van der Waals surface area contributed by atoms with E-state index < -0.39 is 6.29 Å². The van der Waals surface area contributed by atoms with Crippen LogP contribution in [0.25, 0.3) is 0 Å². The van der Waals surface area contributed by atoms with Crippen LogP contribution in [0.15, 0.2) is 50.3 Å². The number of aliphatic hydroxyl groups is 3. The number of aliphatic hydroxyl groups excluding tert-OH is 3. The number of hydrogen-bond donors (Lipinski definition) is 3. The highest BCUT2D eigenvalue weighted by Gasteiger charge is 2.45. The molecule has 0 radical (unpaired) electrons. The largest absolute Gasteiger partial charge is 0.870 e. The summed E-state index contributed by atoms with van der Waals surface area (Å²) >= 11 is 3.13. The van der Waals surface area contributed by atoms with E-state index in [9.17, 15) is 24.9 Å². The van der Waals surface area contributed by atoms with E-state index in [2.05, 4.69) is 126 Å². The maximum Gasteiger partial charge on any atom is 0.155 e. The molecule has 436 valence electrons. The van der Waals surface area contributed by atoms with Gasteiger partial charge >= 0.3 is 0 Å². The summed E-state index contributed by atoms with van der Waals surface area (Å²) in [6.45, 7) is 30.5. The van der Waals surface area contributed by atoms with Crippen molar-refractivity contribution >= 4 is 83.8 Å². The van der Waals surface area contributed by atoms with Gasteiger partial charge in [-0.3, -0.25) is 37.6 Å². The topological polar surface area (TPSA) is 172 Å². The van der Waals surface area contributed by atoms with Gasteiger partial charge in [0.2, 0.25) is 0 Å². The lowest BCUT2D eigenvalue weighted by Crippen LogP contribution is -2.42. The van der Waals surface area contributed by atoms with Crippen LogP contribution in [0.5, 0.6) is 0 Å². The van der Waals surface area contributed by atoms with Crippen molar-refractivity contribution in [1.82, 2.24) is 28.0 Å². The van der Waals surface area contributed by atoms with Gasteiger partial charge in [-0.05, 0) is 115 Å². The molecule has 22 heteroatoms. The van der Waals surface area contributed by atoms with Crippen molar-refractivity contribution in [2.45, 2.75) is 123 Å². The predicted octanol–water partition coefficient (Wildman–Crippen LogP) is 8.17. The molecule has 0 aliphatic carbocycles. The Morgan fingerprint density at radius 1 is 0.653 bits per heavy atom. The van der Waals surface area contributed by atoms with Crippen molar-refractivity contribution < 1.29 is 44.6 Å². The smallest absolute Gasteiger partial charge is 0.155 e. The van der Waals surface area contributed by atoms with Crippen LogP contribution in [0.4, 0.5) is 0 Å². The maximum atomic E-state index is 11.5. The van der Waals surface area contributed by atoms with Crippen LogP contribution in [-0.2, 0) is 23.8 Å². The number of carbonyl (C=O) groups excluding carboxylic acids is 2. The molecule has 9 aliphatic rings. The fourth-order valence-electron chi connectivity index (χ4n) is 10.9. The number of hydrogen-bond acceptors (Lipinski definition) is 15. The van der Waals surface area contributed by atoms with E-state index in [-0.39, 0.29) is 27.8 Å². The van der Waals surface area contributed by atoms with Crippen molar-refractivity contribution in [1.29, 1.82) is 0 Å². The van der Waals surface area contributed by atoms with Crippen LogP contribution in [0.3, 0.4) is 0 Å². The monoisotopic (exact) mass is 1230 g/mol. The summed E-state index contributed by atoms with van der Waals surface area (Å²) < 4.78 is 29.2. The molecule has 9 aliphatic heterocycles. The Bertz CT molecular complexity index is 1670. The number of alkyl halides is 1. The Morgan fingerprint density at radius 3 is 1.48 bits per heavy atom. The minimum absolute atomic E-state index is 0. The first-order valence-electron chi connectivity index (χ1n) is 27.0. The molecule has 0 bridgehead atoms. The third-order valence-corrected chi connectivity index (χ3v) is 20.5. The van der Waals surface area contributed by atoms with Gasteiger partial charge in [0.25, 0.3) is 0 Å². The van der Waals surface area contributed by atoms with Crippen molar-refractivity contribution in [2.75, 3.05) is 117 Å². The van der Waals surface area contributed by atoms with Crippen LogP contribution in [0, 0.1) is 33.0 Å². The molecule has 3 spiro atoms. The first-order chi connectivity index (χ1) is 35.2. The van der Waals surface area contributed by atoms with Crippen molar-refractivity contribution in [2.24, 2.45) is 33.0 Å². The van der Waals surface area contributed by atoms with E-state index in [1.165, 1.54) is 25.9 Å². The molecular formula is C53H102BrN6O9P6-. The average molecular weight is 1230 g/mol. The summed E-state index contributed by atoms with van der Waals surface area (Å²) in [5, 5.41) is 29.2. The number of piperidine rings is 6. The van der Waals surface area contributed by atoms with Crippen molar-refractivity contribution in [3.05, 3.63) is 50.3 Å². The van der Waals surface area contributed by atoms with Gasteiger partial charge in [-0.2, -0.15) is 0 Å². The Balaban J connectivity index is 0.000000303. The zero-order valence-corrected chi connectivity index (χ0v) is 54.4. The number of carbonyl (C=O) groups is 2. The summed E-state index contributed by atoms with van der Waals surface area (Å²) in [5.41, 5.74) is 0.816. The number of allylic oxidation sites excluding steroid dienone is 3. The van der Waals surface area contributed by atoms with E-state index in [1.54, 1.807) is 19.9 Å². The maximum absolute atomic E-state index is 11.5. The molecule has 9 heterocycles. The second-order valence-electron chi connectivity index (χ2n) is 22.4. The SMILES string of the molecule is C=CCBr.C=CCC1(C(C)=O)CCN(P)CC1.C=CCC1(CO)CCN(P)CC1.CC(=O)C1CCN(P)CC1.OC1CC2(CCN(P)CC2)CO1.OC1COCC12CCN(P)CC2.PN1CCC2(C=COC2)CC1.[OH-]. The summed E-state index contributed by atoms with van der Waals surface area (Å²) in [7, 11) is 16.3. The standard InChI is InChI=1S/C10H18NOP.C9H18NOP.2C8H16NO2P.C8H14NOP.C7H14NOP.C3H5Br.H2O/c1-3-4-10(9(2)12)5-7-11(13)8-6-10;1-2-3-9(8-11)4-6-10(12)7-5-9;10-7-5-11-6-8(7)1-3-9(12)4-2-8;10-7-5-8(6-11-7)1-3-9(12)4-2-8;11-9-4-1-8(2-5-9)3-6-10-7-8;1-6(9)7-2-4-8(10)5-3-7;1-2-3-4;/h3H,1,4-8,13H2,2H3;2,11H,1,3-8,12H2;2*7,10H,1-6,12H2;3,6H,1-2,4-5,7,11H2;7H,2-5,10H2,1H3;2H,1,3H2;1H2/p-1. The van der Waals surface area contributed by atoms with Gasteiger partial charge in [0, 0.05) is 124 Å². The van der Waals surface area contributed by atoms with E-state index in [0.29, 0.717) is 41.5 Å². The fourth-order valence-corrected chi connectivity index (χ4v) is 12.5. The van der Waals surface area contributed by atoms with Crippen LogP contribution in [-0.4, -0.2) is 190 Å². The number of rotatable bonds is 8. The molecule has 0 amide bonds. The lowest BCUT2D eigenvalue weighted by molar-refractivity contribution is -0.128. The molecule has 0 aromatic heterocycles. The van der Waals surface area contributed by atoms with Crippen LogP contribution < -0.4 is 0 Å². The highest BCUT2D eigenvalue weighted by atomic mass is 79.9. The molecule has 15 nitrogen and oxygen atoms in total. The minimum Gasteiger partial charge on any atom is -0.870 e. The molecule has 8 atom stereocenters. The molecule has 75 heavy (non-hydrogen) atoms. The molecular weight excluding hydrogens is 1130 g/mol. The van der Waals surface area contributed by atoms with Crippen molar-refractivity contribution in [3.63, 3.8) is 0 Å². The normalized spacial score (nSPS) is 26.9. The molecule has 4 N–H and O–H groups in total. The van der Waals surface area contributed by atoms with Gasteiger partial charge in [-0.1, -0.05) is 90.5 Å². The summed E-state index contributed by atoms with van der Waals surface area (Å²) in [6.07, 6.45) is 24.7. The first kappa shape index (κ1) is 71.8. The molecule has 8 saturated heterocycles. The minimum atomic E-state index is -0.499. The highest BCUT2D eigenvalue weighted by molar-refractivity contribution is 9.09. The quantitative estimate of drug-likeness (QED) is 0.121. The Labute approximate surface area is 476 Å². The summed E-state index contributed by atoms with van der Waals surface area (Å²) in [5.74, 6) is 1.03. The molecule has 0 aromatic rings. The second-order valence-corrected chi connectivity index (χ2v) is 27.4. The van der Waals surface area contributed by atoms with Gasteiger partial charge < -0.3 is 35.0 Å². The predicted molar refractivity (Wildman–Crippen MR) is 331 cm³/mol. The van der Waals surface area contributed by atoms with E-state index in [1.807, 2.05) is 18.4 Å². The van der Waals surface area contributed by atoms with Gasteiger partial charge in [0.15, 0.2) is 6.29 Å². The lowest BCUT2D eigenvalue weighted by atomic mass is 9.73. The average Bonchev–Trinajstić information content (AvgIpc) is 4.12. The number of ether oxygens (including phenoxy) is 3. The molecule has 9 rings (SSSR count). The summed E-state index contributed by atoms with van der Waals surface area (Å²) in [6, 6.07) is 0. The Morgan fingerprint density at radius 2 is 1.11 bits per heavy atom. The highest BCUT2D eigenvalue weighted by Crippen LogP contribution is 2.43. The second kappa shape index (κ2) is 37.0. The van der Waals surface area contributed by atoms with Gasteiger partial charge in [-0.15, -0.1) is 19.7 Å². The van der Waals surface area contributed by atoms with E-state index >= 15 is 0 Å². The van der Waals surface area contributed by atoms with E-state index in [4.69, 9.17) is 14.2 Å². The summed E-state index contributed by atoms with van der Waals surface area (Å²) in [4.78, 5) is 22.4. The molecule has 8 unspecified atom stereocenters. The number of nitrogens with zero attached hydrogens (tertiary/aromatic N) is 6. The first-order valence-corrected chi connectivity index (χ1v) is 31.2. The van der Waals surface area contributed by atoms with Gasteiger partial charge in [-0.25, -0.2) is 0 Å². The molecule has 0 saturated carbocycles. The zero-order valence-electron chi connectivity index (χ0n) is 45.9. The lowest BCUT2D eigenvalue weighted by Gasteiger charge is -2.38. The van der Waals surface area contributed by atoms with Gasteiger partial charge in [0.05, 0.1) is 38.8 Å². The van der Waals surface area contributed by atoms with Crippen molar-refractivity contribution in [3.8, 4) is 0 Å². The fraction of sp³-hybridized carbons (Fsp3) is 0.811. The number of halogens is 1. The molecule has 0 aromatic carbocycles. The number of ketones is 2. The third kappa shape index (κ3) is 25.0. The molecule has 8 fully saturated rings. The Hall–Kier alpha value is 0.680. The van der Waals surface area contributed by atoms with E-state index in [0.717, 1.165) is 174 Å².